The number of carbonyl (C=O) groups is 1. The standard InChI is InChI=1S/C16H28N4O/c1-5-20-15(9-13(3)18-20)16(21)17-14(4)11-19-8-6-7-12(2)10-19/h9,12,14H,5-8,10-11H2,1-4H3,(H,17,21)/t12-,14+/m1/s1. The lowest BCUT2D eigenvalue weighted by Gasteiger charge is -2.32. The van der Waals surface area contributed by atoms with E-state index in [1.54, 1.807) is 4.68 Å². The van der Waals surface area contributed by atoms with E-state index in [0.29, 0.717) is 12.2 Å². The van der Waals surface area contributed by atoms with Crippen molar-refractivity contribution in [2.24, 2.45) is 5.92 Å². The average molecular weight is 292 g/mol. The first kappa shape index (κ1) is 16.0. The van der Waals surface area contributed by atoms with Crippen LogP contribution in [0.15, 0.2) is 6.07 Å². The highest BCUT2D eigenvalue weighted by Crippen LogP contribution is 2.15. The minimum atomic E-state index is -0.0185. The molecule has 2 rings (SSSR count). The fourth-order valence-corrected chi connectivity index (χ4v) is 3.15. The molecule has 0 radical (unpaired) electrons. The second kappa shape index (κ2) is 7.07. The summed E-state index contributed by atoms with van der Waals surface area (Å²) < 4.78 is 1.76. The normalized spacial score (nSPS) is 21.2. The Morgan fingerprint density at radius 3 is 3.00 bits per heavy atom. The number of hydrogen-bond donors (Lipinski definition) is 1. The fraction of sp³-hybridized carbons (Fsp3) is 0.750. The van der Waals surface area contributed by atoms with Gasteiger partial charge in [0.1, 0.15) is 5.69 Å². The molecule has 5 heteroatoms. The van der Waals surface area contributed by atoms with Crippen LogP contribution in [0.1, 0.15) is 49.8 Å². The van der Waals surface area contributed by atoms with Crippen LogP contribution in [0, 0.1) is 12.8 Å². The molecule has 1 N–H and O–H groups in total. The van der Waals surface area contributed by atoms with E-state index in [-0.39, 0.29) is 11.9 Å². The summed E-state index contributed by atoms with van der Waals surface area (Å²) >= 11 is 0. The zero-order valence-corrected chi connectivity index (χ0v) is 13.7. The quantitative estimate of drug-likeness (QED) is 0.904. The maximum atomic E-state index is 12.4. The van der Waals surface area contributed by atoms with Gasteiger partial charge in [0.05, 0.1) is 5.69 Å². The van der Waals surface area contributed by atoms with Crippen LogP contribution in [0.25, 0.3) is 0 Å². The second-order valence-electron chi connectivity index (χ2n) is 6.37. The number of amides is 1. The number of rotatable bonds is 5. The number of piperidine rings is 1. The van der Waals surface area contributed by atoms with E-state index < -0.39 is 0 Å². The molecule has 1 saturated heterocycles. The molecule has 1 aliphatic rings. The molecule has 21 heavy (non-hydrogen) atoms. The van der Waals surface area contributed by atoms with Crippen molar-refractivity contribution in [2.45, 2.75) is 53.1 Å². The van der Waals surface area contributed by atoms with Gasteiger partial charge in [0.2, 0.25) is 0 Å². The van der Waals surface area contributed by atoms with Crippen molar-refractivity contribution in [1.29, 1.82) is 0 Å². The Hall–Kier alpha value is -1.36. The Balaban J connectivity index is 1.89. The lowest BCUT2D eigenvalue weighted by Crippen LogP contribution is -2.45. The van der Waals surface area contributed by atoms with Crippen molar-refractivity contribution in [3.05, 3.63) is 17.5 Å². The first-order valence-corrected chi connectivity index (χ1v) is 8.07. The number of nitrogens with zero attached hydrogens (tertiary/aromatic N) is 3. The Kier molecular flexibility index (Phi) is 5.39. The van der Waals surface area contributed by atoms with Crippen LogP contribution in [-0.4, -0.2) is 46.3 Å². The van der Waals surface area contributed by atoms with Crippen LogP contribution in [0.5, 0.6) is 0 Å². The molecule has 0 spiro atoms. The van der Waals surface area contributed by atoms with Gasteiger partial charge in [0.15, 0.2) is 0 Å². The number of hydrogen-bond acceptors (Lipinski definition) is 3. The van der Waals surface area contributed by atoms with Crippen LogP contribution < -0.4 is 5.32 Å². The Bertz CT molecular complexity index is 483. The van der Waals surface area contributed by atoms with Gasteiger partial charge >= 0.3 is 0 Å². The lowest BCUT2D eigenvalue weighted by atomic mass is 10.00. The maximum Gasteiger partial charge on any atom is 0.269 e. The van der Waals surface area contributed by atoms with Gasteiger partial charge < -0.3 is 10.2 Å². The monoisotopic (exact) mass is 292 g/mol. The minimum Gasteiger partial charge on any atom is -0.347 e. The minimum absolute atomic E-state index is 0.0185. The van der Waals surface area contributed by atoms with E-state index in [9.17, 15) is 4.79 Å². The van der Waals surface area contributed by atoms with Gasteiger partial charge in [-0.1, -0.05) is 6.92 Å². The first-order valence-electron chi connectivity index (χ1n) is 8.07. The summed E-state index contributed by atoms with van der Waals surface area (Å²) in [6.45, 7) is 12.2. The number of carbonyl (C=O) groups excluding carboxylic acids is 1. The number of aromatic nitrogens is 2. The highest BCUT2D eigenvalue weighted by Gasteiger charge is 2.20. The molecule has 5 nitrogen and oxygen atoms in total. The highest BCUT2D eigenvalue weighted by molar-refractivity contribution is 5.92. The molecule has 1 amide bonds. The van der Waals surface area contributed by atoms with Crippen molar-refractivity contribution in [3.8, 4) is 0 Å². The van der Waals surface area contributed by atoms with Crippen molar-refractivity contribution in [3.63, 3.8) is 0 Å². The third-order valence-electron chi connectivity index (χ3n) is 4.08. The van der Waals surface area contributed by atoms with Crippen molar-refractivity contribution in [2.75, 3.05) is 19.6 Å². The van der Waals surface area contributed by atoms with Crippen LogP contribution in [0.2, 0.25) is 0 Å². The van der Waals surface area contributed by atoms with Crippen molar-refractivity contribution in [1.82, 2.24) is 20.0 Å². The number of nitrogens with one attached hydrogen (secondary N) is 1. The van der Waals surface area contributed by atoms with Gasteiger partial charge in [0.25, 0.3) is 5.91 Å². The Morgan fingerprint density at radius 1 is 1.57 bits per heavy atom. The average Bonchev–Trinajstić information content (AvgIpc) is 2.80. The molecule has 0 unspecified atom stereocenters. The first-order chi connectivity index (χ1) is 9.99. The van der Waals surface area contributed by atoms with E-state index in [1.165, 1.54) is 12.8 Å². The zero-order chi connectivity index (χ0) is 15.4. The molecule has 1 aromatic heterocycles. The molecule has 0 aliphatic carbocycles. The molecule has 0 bridgehead atoms. The molecule has 1 aromatic rings. The summed E-state index contributed by atoms with van der Waals surface area (Å²) in [4.78, 5) is 14.8. The van der Waals surface area contributed by atoms with Crippen LogP contribution in [-0.2, 0) is 6.54 Å². The predicted molar refractivity (Wildman–Crippen MR) is 84.4 cm³/mol. The maximum absolute atomic E-state index is 12.4. The highest BCUT2D eigenvalue weighted by atomic mass is 16.2. The molecule has 2 atom stereocenters. The van der Waals surface area contributed by atoms with Gasteiger partial charge in [-0.05, 0) is 52.1 Å². The van der Waals surface area contributed by atoms with E-state index >= 15 is 0 Å². The molecule has 0 aromatic carbocycles. The third-order valence-corrected chi connectivity index (χ3v) is 4.08. The molecule has 2 heterocycles. The molecule has 1 fully saturated rings. The SMILES string of the molecule is CCn1nc(C)cc1C(=O)N[C@@H](C)CN1CCC[C@@H](C)C1. The summed E-state index contributed by atoms with van der Waals surface area (Å²) in [5.41, 5.74) is 1.55. The van der Waals surface area contributed by atoms with Gasteiger partial charge in [-0.25, -0.2) is 0 Å². The predicted octanol–water partition coefficient (Wildman–Crippen LogP) is 2.06. The molecule has 118 valence electrons. The molecular weight excluding hydrogens is 264 g/mol. The Labute approximate surface area is 127 Å². The topological polar surface area (TPSA) is 50.2 Å². The lowest BCUT2D eigenvalue weighted by molar-refractivity contribution is 0.0909. The summed E-state index contributed by atoms with van der Waals surface area (Å²) in [5.74, 6) is 0.751. The zero-order valence-electron chi connectivity index (χ0n) is 13.7. The Morgan fingerprint density at radius 2 is 2.33 bits per heavy atom. The van der Waals surface area contributed by atoms with Crippen LogP contribution >= 0.6 is 0 Å². The second-order valence-corrected chi connectivity index (χ2v) is 6.37. The van der Waals surface area contributed by atoms with Gasteiger partial charge in [-0.15, -0.1) is 0 Å². The van der Waals surface area contributed by atoms with Crippen molar-refractivity contribution < 1.29 is 4.79 Å². The van der Waals surface area contributed by atoms with Crippen molar-refractivity contribution >= 4 is 5.91 Å². The number of aryl methyl sites for hydroxylation is 2. The van der Waals surface area contributed by atoms with Crippen LogP contribution in [0.3, 0.4) is 0 Å². The molecule has 1 aliphatic heterocycles. The van der Waals surface area contributed by atoms with Crippen LogP contribution in [0.4, 0.5) is 0 Å². The largest absolute Gasteiger partial charge is 0.347 e. The van der Waals surface area contributed by atoms with E-state index in [2.05, 4.69) is 29.2 Å². The van der Waals surface area contributed by atoms with E-state index in [4.69, 9.17) is 0 Å². The summed E-state index contributed by atoms with van der Waals surface area (Å²) in [5, 5.41) is 7.43. The third kappa shape index (κ3) is 4.30. The van der Waals surface area contributed by atoms with Gasteiger partial charge in [0, 0.05) is 25.7 Å². The summed E-state index contributed by atoms with van der Waals surface area (Å²) in [6.07, 6.45) is 2.59. The summed E-state index contributed by atoms with van der Waals surface area (Å²) in [7, 11) is 0. The molecular formula is C16H28N4O. The van der Waals surface area contributed by atoms with Gasteiger partial charge in [-0.3, -0.25) is 9.48 Å². The smallest absolute Gasteiger partial charge is 0.269 e. The fourth-order valence-electron chi connectivity index (χ4n) is 3.15. The van der Waals surface area contributed by atoms with E-state index in [0.717, 1.165) is 31.2 Å². The molecule has 0 saturated carbocycles. The van der Waals surface area contributed by atoms with Gasteiger partial charge in [-0.2, -0.15) is 5.10 Å². The number of likely N-dealkylation sites (tertiary alicyclic amines) is 1. The van der Waals surface area contributed by atoms with E-state index in [1.807, 2.05) is 19.9 Å². The summed E-state index contributed by atoms with van der Waals surface area (Å²) in [6, 6.07) is 2.01.